The highest BCUT2D eigenvalue weighted by Crippen LogP contribution is 2.35. The van der Waals surface area contributed by atoms with Gasteiger partial charge in [0.05, 0.1) is 16.1 Å². The van der Waals surface area contributed by atoms with Gasteiger partial charge in [0, 0.05) is 11.5 Å². The van der Waals surface area contributed by atoms with Gasteiger partial charge < -0.3 is 0 Å². The minimum absolute atomic E-state index is 0.00316. The van der Waals surface area contributed by atoms with E-state index in [1.165, 1.54) is 0 Å². The second-order valence-corrected chi connectivity index (χ2v) is 7.00. The fraction of sp³-hybridized carbons (Fsp3) is 0.615. The Labute approximate surface area is 122 Å². The van der Waals surface area contributed by atoms with E-state index in [4.69, 9.17) is 12.2 Å². The lowest BCUT2D eigenvalue weighted by atomic mass is 9.91. The van der Waals surface area contributed by atoms with Crippen molar-refractivity contribution < 1.29 is 0 Å². The van der Waals surface area contributed by atoms with Gasteiger partial charge in [0.1, 0.15) is 0 Å². The fourth-order valence-corrected chi connectivity index (χ4v) is 3.29. The van der Waals surface area contributed by atoms with Crippen molar-refractivity contribution in [3.8, 4) is 10.7 Å². The molecule has 1 atom stereocenters. The number of aromatic amines is 1. The van der Waals surface area contributed by atoms with Gasteiger partial charge in [-0.15, -0.1) is 11.3 Å². The summed E-state index contributed by atoms with van der Waals surface area (Å²) < 4.78 is 2.77. The van der Waals surface area contributed by atoms with Crippen LogP contribution in [0.3, 0.4) is 0 Å². The molecule has 1 N–H and O–H groups in total. The number of aromatic nitrogens is 4. The van der Waals surface area contributed by atoms with Gasteiger partial charge in [0.2, 0.25) is 0 Å². The molecule has 1 unspecified atom stereocenters. The average molecular weight is 296 g/mol. The van der Waals surface area contributed by atoms with Crippen LogP contribution in [0.25, 0.3) is 10.7 Å². The van der Waals surface area contributed by atoms with Gasteiger partial charge in [-0.2, -0.15) is 5.10 Å². The van der Waals surface area contributed by atoms with Gasteiger partial charge in [-0.3, -0.25) is 9.67 Å². The van der Waals surface area contributed by atoms with E-state index in [2.05, 4.69) is 54.4 Å². The summed E-state index contributed by atoms with van der Waals surface area (Å²) in [7, 11) is 0. The molecule has 0 saturated carbocycles. The third kappa shape index (κ3) is 2.65. The summed E-state index contributed by atoms with van der Waals surface area (Å²) in [6.45, 7) is 10.8. The molecule has 0 aliphatic carbocycles. The molecule has 2 aromatic rings. The van der Waals surface area contributed by atoms with Crippen LogP contribution < -0.4 is 0 Å². The van der Waals surface area contributed by atoms with Crippen molar-refractivity contribution in [3.63, 3.8) is 0 Å². The molecule has 0 bridgehead atoms. The van der Waals surface area contributed by atoms with Crippen molar-refractivity contribution in [1.29, 1.82) is 0 Å². The highest BCUT2D eigenvalue weighted by molar-refractivity contribution is 7.71. The Morgan fingerprint density at radius 3 is 2.74 bits per heavy atom. The minimum Gasteiger partial charge on any atom is -0.297 e. The lowest BCUT2D eigenvalue weighted by Crippen LogP contribution is -2.14. The van der Waals surface area contributed by atoms with E-state index in [0.717, 1.165) is 22.8 Å². The molecule has 0 fully saturated rings. The van der Waals surface area contributed by atoms with Gasteiger partial charge in [0.15, 0.2) is 10.6 Å². The number of thiazole rings is 1. The van der Waals surface area contributed by atoms with Crippen molar-refractivity contribution in [3.05, 3.63) is 16.0 Å². The molecule has 2 heterocycles. The maximum absolute atomic E-state index is 5.36. The van der Waals surface area contributed by atoms with Crippen molar-refractivity contribution in [2.75, 3.05) is 0 Å². The van der Waals surface area contributed by atoms with Crippen LogP contribution in [-0.4, -0.2) is 19.7 Å². The Hall–Kier alpha value is -1.01. The molecule has 0 aliphatic rings. The summed E-state index contributed by atoms with van der Waals surface area (Å²) in [4.78, 5) is 5.63. The van der Waals surface area contributed by atoms with Crippen LogP contribution in [0.1, 0.15) is 52.8 Å². The Kier molecular flexibility index (Phi) is 3.92. The molecule has 4 nitrogen and oxygen atoms in total. The molecule has 0 spiro atoms. The first-order chi connectivity index (χ1) is 8.86. The zero-order chi connectivity index (χ0) is 14.2. The van der Waals surface area contributed by atoms with Crippen LogP contribution in [0.2, 0.25) is 0 Å². The predicted octanol–water partition coefficient (Wildman–Crippen LogP) is 4.33. The number of nitrogens with one attached hydrogen (secondary N) is 1. The van der Waals surface area contributed by atoms with Crippen LogP contribution in [0, 0.1) is 4.77 Å². The Bertz CT molecular complexity index is 615. The van der Waals surface area contributed by atoms with E-state index in [-0.39, 0.29) is 5.41 Å². The average Bonchev–Trinajstić information content (AvgIpc) is 2.93. The number of H-pyrrole nitrogens is 1. The van der Waals surface area contributed by atoms with Gasteiger partial charge in [0.25, 0.3) is 0 Å². The largest absolute Gasteiger partial charge is 0.297 e. The van der Waals surface area contributed by atoms with E-state index >= 15 is 0 Å². The number of rotatable bonds is 3. The topological polar surface area (TPSA) is 46.5 Å². The zero-order valence-electron chi connectivity index (χ0n) is 12.0. The van der Waals surface area contributed by atoms with Crippen molar-refractivity contribution in [2.24, 2.45) is 0 Å². The summed E-state index contributed by atoms with van der Waals surface area (Å²) in [6.07, 6.45) is 1.02. The van der Waals surface area contributed by atoms with Gasteiger partial charge in [-0.05, 0) is 25.6 Å². The van der Waals surface area contributed by atoms with E-state index in [1.54, 1.807) is 11.3 Å². The summed E-state index contributed by atoms with van der Waals surface area (Å²) in [6, 6.07) is 0.330. The SMILES string of the molecule is CCC(C)n1c(-c2scnc2C(C)(C)C)n[nH]c1=S. The fourth-order valence-electron chi connectivity index (χ4n) is 2.00. The molecule has 19 heavy (non-hydrogen) atoms. The van der Waals surface area contributed by atoms with Crippen molar-refractivity contribution in [2.45, 2.75) is 52.5 Å². The monoisotopic (exact) mass is 296 g/mol. The number of hydrogen-bond donors (Lipinski definition) is 1. The third-order valence-electron chi connectivity index (χ3n) is 3.22. The Balaban J connectivity index is 2.61. The smallest absolute Gasteiger partial charge is 0.195 e. The summed E-state index contributed by atoms with van der Waals surface area (Å²) >= 11 is 6.98. The Morgan fingerprint density at radius 2 is 2.16 bits per heavy atom. The standard InChI is InChI=1S/C13H20N4S2/c1-6-8(2)17-11(15-16-12(17)18)9-10(13(3,4)5)14-7-19-9/h7-8H,6H2,1-5H3,(H,16,18). The van der Waals surface area contributed by atoms with Crippen molar-refractivity contribution in [1.82, 2.24) is 19.7 Å². The maximum atomic E-state index is 5.36. The quantitative estimate of drug-likeness (QED) is 0.857. The number of nitrogens with zero attached hydrogens (tertiary/aromatic N) is 3. The lowest BCUT2D eigenvalue weighted by molar-refractivity contribution is 0.526. The van der Waals surface area contributed by atoms with Gasteiger partial charge in [-0.1, -0.05) is 27.7 Å². The molecule has 0 saturated heterocycles. The number of hydrogen-bond acceptors (Lipinski definition) is 4. The minimum atomic E-state index is 0.00316. The third-order valence-corrected chi connectivity index (χ3v) is 4.33. The molecule has 6 heteroatoms. The molecule has 0 aromatic carbocycles. The molecular formula is C13H20N4S2. The van der Waals surface area contributed by atoms with Crippen LogP contribution >= 0.6 is 23.6 Å². The molecular weight excluding hydrogens is 276 g/mol. The first-order valence-electron chi connectivity index (χ1n) is 6.47. The first kappa shape index (κ1) is 14.4. The van der Waals surface area contributed by atoms with E-state index in [9.17, 15) is 0 Å². The van der Waals surface area contributed by atoms with E-state index in [0.29, 0.717) is 10.8 Å². The van der Waals surface area contributed by atoms with Crippen LogP contribution in [0.5, 0.6) is 0 Å². The van der Waals surface area contributed by atoms with Crippen LogP contribution in [0.4, 0.5) is 0 Å². The van der Waals surface area contributed by atoms with E-state index < -0.39 is 0 Å². The lowest BCUT2D eigenvalue weighted by Gasteiger charge is -2.19. The second kappa shape index (κ2) is 5.17. The normalized spacial score (nSPS) is 13.7. The highest BCUT2D eigenvalue weighted by Gasteiger charge is 2.25. The van der Waals surface area contributed by atoms with Gasteiger partial charge in [-0.25, -0.2) is 4.98 Å². The highest BCUT2D eigenvalue weighted by atomic mass is 32.1. The summed E-state index contributed by atoms with van der Waals surface area (Å²) in [5.41, 5.74) is 2.97. The molecule has 0 radical (unpaired) electrons. The molecule has 2 aromatic heterocycles. The van der Waals surface area contributed by atoms with Gasteiger partial charge >= 0.3 is 0 Å². The molecule has 0 amide bonds. The summed E-state index contributed by atoms with van der Waals surface area (Å²) in [5, 5.41) is 7.33. The molecule has 0 aliphatic heterocycles. The zero-order valence-corrected chi connectivity index (χ0v) is 13.7. The predicted molar refractivity (Wildman–Crippen MR) is 82.2 cm³/mol. The van der Waals surface area contributed by atoms with Crippen LogP contribution in [-0.2, 0) is 5.41 Å². The second-order valence-electron chi connectivity index (χ2n) is 5.76. The Morgan fingerprint density at radius 1 is 1.47 bits per heavy atom. The molecule has 2 rings (SSSR count). The van der Waals surface area contributed by atoms with E-state index in [1.807, 2.05) is 5.51 Å². The maximum Gasteiger partial charge on any atom is 0.195 e. The molecule has 104 valence electrons. The summed E-state index contributed by atoms with van der Waals surface area (Å²) in [5.74, 6) is 0.909. The first-order valence-corrected chi connectivity index (χ1v) is 7.76. The van der Waals surface area contributed by atoms with Crippen molar-refractivity contribution >= 4 is 23.6 Å². The van der Waals surface area contributed by atoms with Crippen LogP contribution in [0.15, 0.2) is 5.51 Å².